The first kappa shape index (κ1) is 11.5. The molecule has 18 heavy (non-hydrogen) atoms. The van der Waals surface area contributed by atoms with E-state index in [1.165, 1.54) is 12.8 Å². The zero-order valence-electron chi connectivity index (χ0n) is 10.4. The molecule has 0 N–H and O–H groups in total. The van der Waals surface area contributed by atoms with E-state index in [1.54, 1.807) is 13.2 Å². The Morgan fingerprint density at radius 2 is 2.17 bits per heavy atom. The second-order valence-corrected chi connectivity index (χ2v) is 4.97. The van der Waals surface area contributed by atoms with Crippen molar-refractivity contribution < 1.29 is 4.74 Å². The predicted octanol–water partition coefficient (Wildman–Crippen LogP) is 3.02. The molecule has 1 aliphatic carbocycles. The van der Waals surface area contributed by atoms with Crippen LogP contribution in [0.3, 0.4) is 0 Å². The molecule has 0 saturated heterocycles. The maximum absolute atomic E-state index is 6.03. The van der Waals surface area contributed by atoms with E-state index in [2.05, 4.69) is 10.1 Å². The number of nitrogens with zero attached hydrogens (tertiary/aromatic N) is 3. The Hall–Kier alpha value is -1.55. The fraction of sp³-hybridized carbons (Fsp3) is 0.385. The lowest BCUT2D eigenvalue weighted by Gasteiger charge is -2.05. The van der Waals surface area contributed by atoms with Gasteiger partial charge in [0, 0.05) is 18.0 Å². The Kier molecular flexibility index (Phi) is 2.74. The molecule has 0 aliphatic heterocycles. The maximum atomic E-state index is 6.03. The summed E-state index contributed by atoms with van der Waals surface area (Å²) in [7, 11) is 3.57. The summed E-state index contributed by atoms with van der Waals surface area (Å²) in [6.45, 7) is 0. The average Bonchev–Trinajstić information content (AvgIpc) is 3.13. The van der Waals surface area contributed by atoms with E-state index < -0.39 is 0 Å². The molecule has 2 aromatic rings. The van der Waals surface area contributed by atoms with Crippen molar-refractivity contribution >= 4 is 11.6 Å². The van der Waals surface area contributed by atoms with E-state index in [1.807, 2.05) is 23.9 Å². The van der Waals surface area contributed by atoms with Crippen molar-refractivity contribution in [2.75, 3.05) is 7.11 Å². The highest BCUT2D eigenvalue weighted by atomic mass is 35.5. The van der Waals surface area contributed by atoms with Crippen LogP contribution in [0.4, 0.5) is 0 Å². The van der Waals surface area contributed by atoms with Crippen LogP contribution < -0.4 is 4.74 Å². The highest BCUT2D eigenvalue weighted by molar-refractivity contribution is 6.30. The van der Waals surface area contributed by atoms with Crippen molar-refractivity contribution in [3.63, 3.8) is 0 Å². The second kappa shape index (κ2) is 4.28. The first-order valence-corrected chi connectivity index (χ1v) is 6.31. The molecule has 0 amide bonds. The van der Waals surface area contributed by atoms with Crippen LogP contribution in [0.15, 0.2) is 18.2 Å². The molecule has 5 heteroatoms. The number of ether oxygens (including phenoxy) is 1. The maximum Gasteiger partial charge on any atom is 0.185 e. The lowest BCUT2D eigenvalue weighted by Crippen LogP contribution is -1.96. The Labute approximate surface area is 111 Å². The highest BCUT2D eigenvalue weighted by Crippen LogP contribution is 2.40. The predicted molar refractivity (Wildman–Crippen MR) is 70.0 cm³/mol. The summed E-state index contributed by atoms with van der Waals surface area (Å²) >= 11 is 6.03. The molecular formula is C13H14ClN3O. The van der Waals surface area contributed by atoms with Crippen molar-refractivity contribution in [1.29, 1.82) is 0 Å². The van der Waals surface area contributed by atoms with Gasteiger partial charge in [0.15, 0.2) is 5.82 Å². The van der Waals surface area contributed by atoms with Gasteiger partial charge in [0.1, 0.15) is 11.6 Å². The Bertz CT molecular complexity index is 590. The van der Waals surface area contributed by atoms with Crippen LogP contribution in [0.2, 0.25) is 5.02 Å². The minimum atomic E-state index is 0.571. The van der Waals surface area contributed by atoms with Gasteiger partial charge in [-0.05, 0) is 31.0 Å². The third-order valence-electron chi connectivity index (χ3n) is 3.14. The van der Waals surface area contributed by atoms with Gasteiger partial charge in [0.05, 0.1) is 12.7 Å². The summed E-state index contributed by atoms with van der Waals surface area (Å²) < 4.78 is 7.19. The topological polar surface area (TPSA) is 39.9 Å². The minimum absolute atomic E-state index is 0.571. The first-order chi connectivity index (χ1) is 8.69. The molecule has 0 radical (unpaired) electrons. The molecule has 4 nitrogen and oxygen atoms in total. The molecule has 0 spiro atoms. The molecule has 1 aromatic carbocycles. The number of halogens is 1. The molecule has 1 aliphatic rings. The van der Waals surface area contributed by atoms with Gasteiger partial charge in [0.25, 0.3) is 0 Å². The van der Waals surface area contributed by atoms with Crippen molar-refractivity contribution in [2.45, 2.75) is 18.8 Å². The van der Waals surface area contributed by atoms with E-state index >= 15 is 0 Å². The smallest absolute Gasteiger partial charge is 0.185 e. The average molecular weight is 264 g/mol. The van der Waals surface area contributed by atoms with Gasteiger partial charge in [-0.3, -0.25) is 4.68 Å². The molecule has 94 valence electrons. The van der Waals surface area contributed by atoms with E-state index in [0.29, 0.717) is 16.8 Å². The standard InChI is InChI=1S/C13H14ClN3O/c1-17-13(8-3-4-8)15-12(16-17)10-7-9(14)5-6-11(10)18-2/h5-8H,3-4H2,1-2H3. The third-order valence-corrected chi connectivity index (χ3v) is 3.38. The van der Waals surface area contributed by atoms with Crippen LogP contribution in [0.25, 0.3) is 11.4 Å². The van der Waals surface area contributed by atoms with Gasteiger partial charge in [-0.1, -0.05) is 11.6 Å². The Morgan fingerprint density at radius 3 is 2.83 bits per heavy atom. The summed E-state index contributed by atoms with van der Waals surface area (Å²) in [6, 6.07) is 5.48. The van der Waals surface area contributed by atoms with Crippen LogP contribution in [0, 0.1) is 0 Å². The van der Waals surface area contributed by atoms with Gasteiger partial charge in [0.2, 0.25) is 0 Å². The zero-order chi connectivity index (χ0) is 12.7. The molecule has 1 heterocycles. The molecule has 3 rings (SSSR count). The largest absolute Gasteiger partial charge is 0.496 e. The molecule has 1 fully saturated rings. The molecule has 1 aromatic heterocycles. The van der Waals surface area contributed by atoms with Crippen LogP contribution in [0.1, 0.15) is 24.6 Å². The summed E-state index contributed by atoms with van der Waals surface area (Å²) in [5.41, 5.74) is 0.840. The molecule has 0 bridgehead atoms. The summed E-state index contributed by atoms with van der Waals surface area (Å²) in [5, 5.41) is 5.12. The van der Waals surface area contributed by atoms with Crippen molar-refractivity contribution in [3.05, 3.63) is 29.0 Å². The van der Waals surface area contributed by atoms with E-state index in [-0.39, 0.29) is 0 Å². The van der Waals surface area contributed by atoms with E-state index in [0.717, 1.165) is 17.1 Å². The lowest BCUT2D eigenvalue weighted by atomic mass is 10.2. The molecule has 0 unspecified atom stereocenters. The van der Waals surface area contributed by atoms with Crippen molar-refractivity contribution in [3.8, 4) is 17.1 Å². The van der Waals surface area contributed by atoms with Gasteiger partial charge >= 0.3 is 0 Å². The van der Waals surface area contributed by atoms with Gasteiger partial charge < -0.3 is 4.74 Å². The van der Waals surface area contributed by atoms with E-state index in [4.69, 9.17) is 16.3 Å². The fourth-order valence-electron chi connectivity index (χ4n) is 2.06. The molecular weight excluding hydrogens is 250 g/mol. The zero-order valence-corrected chi connectivity index (χ0v) is 11.1. The van der Waals surface area contributed by atoms with E-state index in [9.17, 15) is 0 Å². The number of rotatable bonds is 3. The lowest BCUT2D eigenvalue weighted by molar-refractivity contribution is 0.416. The third kappa shape index (κ3) is 1.97. The SMILES string of the molecule is COc1ccc(Cl)cc1-c1nc(C2CC2)n(C)n1. The number of hydrogen-bond acceptors (Lipinski definition) is 3. The summed E-state index contributed by atoms with van der Waals surface area (Å²) in [4.78, 5) is 4.60. The van der Waals surface area contributed by atoms with Crippen molar-refractivity contribution in [1.82, 2.24) is 14.8 Å². The Morgan fingerprint density at radius 1 is 1.39 bits per heavy atom. The number of aryl methyl sites for hydroxylation is 1. The van der Waals surface area contributed by atoms with Crippen LogP contribution >= 0.6 is 11.6 Å². The molecule has 1 saturated carbocycles. The van der Waals surface area contributed by atoms with Gasteiger partial charge in [-0.15, -0.1) is 0 Å². The molecule has 0 atom stereocenters. The number of benzene rings is 1. The van der Waals surface area contributed by atoms with Crippen LogP contribution in [-0.2, 0) is 7.05 Å². The van der Waals surface area contributed by atoms with Gasteiger partial charge in [-0.2, -0.15) is 5.10 Å². The summed E-state index contributed by atoms with van der Waals surface area (Å²) in [6.07, 6.45) is 2.41. The van der Waals surface area contributed by atoms with Crippen molar-refractivity contribution in [2.24, 2.45) is 7.05 Å². The quantitative estimate of drug-likeness (QED) is 0.855. The number of methoxy groups -OCH3 is 1. The fourth-order valence-corrected chi connectivity index (χ4v) is 2.23. The number of hydrogen-bond donors (Lipinski definition) is 0. The monoisotopic (exact) mass is 263 g/mol. The number of aromatic nitrogens is 3. The van der Waals surface area contributed by atoms with Crippen LogP contribution in [-0.4, -0.2) is 21.9 Å². The normalized spacial score (nSPS) is 14.8. The summed E-state index contributed by atoms with van der Waals surface area (Å²) in [5.74, 6) is 3.04. The van der Waals surface area contributed by atoms with Crippen LogP contribution in [0.5, 0.6) is 5.75 Å². The highest BCUT2D eigenvalue weighted by Gasteiger charge is 2.29. The first-order valence-electron chi connectivity index (χ1n) is 5.94. The van der Waals surface area contributed by atoms with Gasteiger partial charge in [-0.25, -0.2) is 4.98 Å². The second-order valence-electron chi connectivity index (χ2n) is 4.54. The Balaban J connectivity index is 2.08. The minimum Gasteiger partial charge on any atom is -0.496 e.